The van der Waals surface area contributed by atoms with Crippen LogP contribution in [0.15, 0.2) is 70.7 Å². The Morgan fingerprint density at radius 3 is 2.69 bits per heavy atom. The summed E-state index contributed by atoms with van der Waals surface area (Å²) in [6.07, 6.45) is -0.0292. The average molecular weight is 504 g/mol. The molecule has 3 aromatic heterocycles. The molecule has 14 heteroatoms. The second-order valence-corrected chi connectivity index (χ2v) is 7.98. The van der Waals surface area contributed by atoms with Crippen LogP contribution in [0.2, 0.25) is 0 Å². The maximum atomic E-state index is 12.9. The largest absolute Gasteiger partial charge is 0.467 e. The number of rotatable bonds is 8. The fourth-order valence-electron chi connectivity index (χ4n) is 3.09. The number of nitrogens with one attached hydrogen (secondary N) is 1. The van der Waals surface area contributed by atoms with Gasteiger partial charge in [0.05, 0.1) is 29.0 Å². The van der Waals surface area contributed by atoms with E-state index in [0.717, 1.165) is 17.8 Å². The number of furan rings is 1. The van der Waals surface area contributed by atoms with Gasteiger partial charge in [0, 0.05) is 24.0 Å². The van der Waals surface area contributed by atoms with E-state index in [4.69, 9.17) is 4.42 Å². The molecule has 3 heterocycles. The predicted octanol–water partition coefficient (Wildman–Crippen LogP) is 4.64. The SMILES string of the molecule is O=C(CSc1nnc(-c2cccnc2)n1Cc1ccco1)Nc1ccc(C(F)(F)F)cc1[N+](=O)[O-]. The number of anilines is 1. The lowest BCUT2D eigenvalue weighted by Crippen LogP contribution is -2.16. The van der Waals surface area contributed by atoms with E-state index < -0.39 is 28.3 Å². The summed E-state index contributed by atoms with van der Waals surface area (Å²) in [5, 5.41) is 22.2. The number of aromatic nitrogens is 4. The van der Waals surface area contributed by atoms with Crippen molar-refractivity contribution in [2.24, 2.45) is 0 Å². The maximum absolute atomic E-state index is 12.9. The summed E-state index contributed by atoms with van der Waals surface area (Å²) in [6, 6.07) is 8.90. The molecule has 1 amide bonds. The van der Waals surface area contributed by atoms with E-state index in [-0.39, 0.29) is 18.0 Å². The number of nitro benzene ring substituents is 1. The molecule has 0 radical (unpaired) electrons. The molecular formula is C21H15F3N6O4S. The molecule has 0 saturated heterocycles. The van der Waals surface area contributed by atoms with Gasteiger partial charge in [0.2, 0.25) is 5.91 Å². The van der Waals surface area contributed by atoms with Crippen LogP contribution in [0, 0.1) is 10.1 Å². The third-order valence-corrected chi connectivity index (χ3v) is 5.63. The van der Waals surface area contributed by atoms with Gasteiger partial charge < -0.3 is 9.73 Å². The highest BCUT2D eigenvalue weighted by molar-refractivity contribution is 7.99. The smallest absolute Gasteiger partial charge is 0.416 e. The van der Waals surface area contributed by atoms with Gasteiger partial charge in [0.15, 0.2) is 11.0 Å². The van der Waals surface area contributed by atoms with Gasteiger partial charge in [-0.1, -0.05) is 11.8 Å². The first-order valence-electron chi connectivity index (χ1n) is 9.86. The number of thioether (sulfide) groups is 1. The Morgan fingerprint density at radius 2 is 2.03 bits per heavy atom. The van der Waals surface area contributed by atoms with Gasteiger partial charge >= 0.3 is 6.18 Å². The van der Waals surface area contributed by atoms with E-state index in [0.29, 0.717) is 34.4 Å². The summed E-state index contributed by atoms with van der Waals surface area (Å²) in [4.78, 5) is 26.8. The minimum absolute atomic E-state index is 0.235. The van der Waals surface area contributed by atoms with E-state index in [9.17, 15) is 28.1 Å². The average Bonchev–Trinajstić information content (AvgIpc) is 3.48. The molecule has 0 unspecified atom stereocenters. The number of nitro groups is 1. The van der Waals surface area contributed by atoms with E-state index in [1.54, 1.807) is 41.2 Å². The molecule has 0 spiro atoms. The summed E-state index contributed by atoms with van der Waals surface area (Å²) >= 11 is 0.999. The van der Waals surface area contributed by atoms with Crippen molar-refractivity contribution in [1.82, 2.24) is 19.7 Å². The molecule has 10 nitrogen and oxygen atoms in total. The third-order valence-electron chi connectivity index (χ3n) is 4.66. The number of pyridine rings is 1. The predicted molar refractivity (Wildman–Crippen MR) is 119 cm³/mol. The Bertz CT molecular complexity index is 1340. The van der Waals surface area contributed by atoms with E-state index in [2.05, 4.69) is 20.5 Å². The number of amides is 1. The van der Waals surface area contributed by atoms with Crippen molar-refractivity contribution in [1.29, 1.82) is 0 Å². The van der Waals surface area contributed by atoms with Crippen molar-refractivity contribution >= 4 is 29.0 Å². The Balaban J connectivity index is 1.52. The van der Waals surface area contributed by atoms with Gasteiger partial charge in [-0.2, -0.15) is 13.2 Å². The number of alkyl halides is 3. The molecule has 1 N–H and O–H groups in total. The fraction of sp³-hybridized carbons (Fsp3) is 0.143. The molecule has 0 atom stereocenters. The number of nitrogens with zero attached hydrogens (tertiary/aromatic N) is 5. The van der Waals surface area contributed by atoms with Crippen LogP contribution in [0.5, 0.6) is 0 Å². The number of carbonyl (C=O) groups excluding carboxylic acids is 1. The number of hydrogen-bond acceptors (Lipinski definition) is 8. The van der Waals surface area contributed by atoms with Crippen LogP contribution in [0.4, 0.5) is 24.5 Å². The quantitative estimate of drug-likeness (QED) is 0.209. The van der Waals surface area contributed by atoms with Crippen LogP contribution in [0.1, 0.15) is 11.3 Å². The summed E-state index contributed by atoms with van der Waals surface area (Å²) in [7, 11) is 0. The lowest BCUT2D eigenvalue weighted by molar-refractivity contribution is -0.384. The second kappa shape index (κ2) is 9.97. The minimum Gasteiger partial charge on any atom is -0.467 e. The molecular weight excluding hydrogens is 489 g/mol. The van der Waals surface area contributed by atoms with Crippen LogP contribution in [0.25, 0.3) is 11.4 Å². The molecule has 0 aliphatic heterocycles. The minimum atomic E-state index is -4.76. The van der Waals surface area contributed by atoms with Gasteiger partial charge in [0.1, 0.15) is 11.4 Å². The topological polar surface area (TPSA) is 129 Å². The van der Waals surface area contributed by atoms with E-state index >= 15 is 0 Å². The van der Waals surface area contributed by atoms with E-state index in [1.165, 1.54) is 6.26 Å². The first-order valence-corrected chi connectivity index (χ1v) is 10.8. The zero-order chi connectivity index (χ0) is 25.0. The molecule has 180 valence electrons. The molecule has 35 heavy (non-hydrogen) atoms. The highest BCUT2D eigenvalue weighted by atomic mass is 32.2. The summed E-state index contributed by atoms with van der Waals surface area (Å²) in [5.74, 6) is 0.187. The van der Waals surface area contributed by atoms with Gasteiger partial charge in [0.25, 0.3) is 5.69 Å². The standard InChI is InChI=1S/C21H15F3N6O4S/c22-21(23,24)14-5-6-16(17(9-14)30(32)33)26-18(31)12-35-20-28-27-19(13-3-1-7-25-10-13)29(20)11-15-4-2-8-34-15/h1-10H,11-12H2,(H,26,31). The first-order chi connectivity index (χ1) is 16.7. The van der Waals surface area contributed by atoms with Crippen LogP contribution in [-0.2, 0) is 17.5 Å². The molecule has 0 bridgehead atoms. The van der Waals surface area contributed by atoms with Crippen LogP contribution in [0.3, 0.4) is 0 Å². The Labute approximate surface area is 199 Å². The molecule has 0 aliphatic carbocycles. The Morgan fingerprint density at radius 1 is 1.20 bits per heavy atom. The summed E-state index contributed by atoms with van der Waals surface area (Å²) in [5.41, 5.74) is -1.71. The number of hydrogen-bond donors (Lipinski definition) is 1. The van der Waals surface area contributed by atoms with Crippen molar-refractivity contribution in [3.05, 3.63) is 82.6 Å². The molecule has 0 fully saturated rings. The zero-order valence-electron chi connectivity index (χ0n) is 17.6. The molecule has 1 aromatic carbocycles. The van der Waals surface area contributed by atoms with Gasteiger partial charge in [-0.25, -0.2) is 0 Å². The molecule has 0 aliphatic rings. The Kier molecular flexibility index (Phi) is 6.82. The normalized spacial score (nSPS) is 11.4. The number of halogens is 3. The van der Waals surface area contributed by atoms with Crippen molar-refractivity contribution < 1.29 is 27.3 Å². The van der Waals surface area contributed by atoms with Crippen LogP contribution < -0.4 is 5.32 Å². The van der Waals surface area contributed by atoms with Gasteiger partial charge in [-0.3, -0.25) is 24.5 Å². The highest BCUT2D eigenvalue weighted by Crippen LogP contribution is 2.35. The first kappa shape index (κ1) is 23.9. The summed E-state index contributed by atoms with van der Waals surface area (Å²) in [6.45, 7) is 0.262. The van der Waals surface area contributed by atoms with Crippen molar-refractivity contribution in [2.75, 3.05) is 11.1 Å². The zero-order valence-corrected chi connectivity index (χ0v) is 18.4. The summed E-state index contributed by atoms with van der Waals surface area (Å²) < 4.78 is 45.8. The monoisotopic (exact) mass is 504 g/mol. The van der Waals surface area contributed by atoms with Crippen molar-refractivity contribution in [3.8, 4) is 11.4 Å². The molecule has 0 saturated carbocycles. The fourth-order valence-corrected chi connectivity index (χ4v) is 3.82. The maximum Gasteiger partial charge on any atom is 0.416 e. The lowest BCUT2D eigenvalue weighted by Gasteiger charge is -2.10. The molecule has 4 rings (SSSR count). The van der Waals surface area contributed by atoms with Gasteiger partial charge in [-0.15, -0.1) is 10.2 Å². The van der Waals surface area contributed by atoms with E-state index in [1.807, 2.05) is 0 Å². The lowest BCUT2D eigenvalue weighted by atomic mass is 10.1. The van der Waals surface area contributed by atoms with Crippen molar-refractivity contribution in [2.45, 2.75) is 17.9 Å². The number of carbonyl (C=O) groups is 1. The van der Waals surface area contributed by atoms with Crippen LogP contribution >= 0.6 is 11.8 Å². The Hall–Kier alpha value is -4.20. The van der Waals surface area contributed by atoms with Crippen LogP contribution in [-0.4, -0.2) is 36.3 Å². The number of benzene rings is 1. The second-order valence-electron chi connectivity index (χ2n) is 7.04. The van der Waals surface area contributed by atoms with Gasteiger partial charge in [-0.05, 0) is 36.4 Å². The molecule has 4 aromatic rings. The highest BCUT2D eigenvalue weighted by Gasteiger charge is 2.33. The van der Waals surface area contributed by atoms with Crippen molar-refractivity contribution in [3.63, 3.8) is 0 Å². The third kappa shape index (κ3) is 5.66.